The fourth-order valence-electron chi connectivity index (χ4n) is 2.92. The van der Waals surface area contributed by atoms with Crippen LogP contribution in [0.2, 0.25) is 0 Å². The van der Waals surface area contributed by atoms with Crippen LogP contribution in [0.4, 0.5) is 16.3 Å². The van der Waals surface area contributed by atoms with Crippen molar-refractivity contribution in [3.63, 3.8) is 0 Å². The van der Waals surface area contributed by atoms with E-state index in [9.17, 15) is 9.50 Å². The maximum Gasteiger partial charge on any atom is 0.322 e. The van der Waals surface area contributed by atoms with Gasteiger partial charge in [-0.25, -0.2) is 4.39 Å². The molecule has 0 bridgehead atoms. The molecule has 26 heavy (non-hydrogen) atoms. The van der Waals surface area contributed by atoms with Gasteiger partial charge >= 0.3 is 6.01 Å². The molecule has 2 heterocycles. The molecule has 0 aliphatic carbocycles. The molecule has 0 radical (unpaired) electrons. The number of aromatic nitrogens is 3. The average Bonchev–Trinajstić information content (AvgIpc) is 2.96. The van der Waals surface area contributed by atoms with Crippen molar-refractivity contribution in [3.8, 4) is 6.01 Å². The second-order valence-corrected chi connectivity index (χ2v) is 6.30. The number of halogens is 1. The number of benzene rings is 1. The molecule has 140 valence electrons. The van der Waals surface area contributed by atoms with E-state index in [0.717, 1.165) is 25.9 Å². The lowest BCUT2D eigenvalue weighted by Gasteiger charge is -2.21. The van der Waals surface area contributed by atoms with Gasteiger partial charge in [-0.15, -0.1) is 0 Å². The zero-order chi connectivity index (χ0) is 18.4. The molecule has 1 atom stereocenters. The lowest BCUT2D eigenvalue weighted by Crippen LogP contribution is -2.27. The quantitative estimate of drug-likeness (QED) is 0.818. The van der Waals surface area contributed by atoms with E-state index in [-0.39, 0.29) is 18.4 Å². The smallest absolute Gasteiger partial charge is 0.322 e. The summed E-state index contributed by atoms with van der Waals surface area (Å²) in [5.41, 5.74) is 0.618. The van der Waals surface area contributed by atoms with E-state index in [1.54, 1.807) is 12.1 Å². The fraction of sp³-hybridized carbons (Fsp3) is 0.500. The Kier molecular flexibility index (Phi) is 6.17. The van der Waals surface area contributed by atoms with Crippen LogP contribution in [0.15, 0.2) is 24.3 Å². The second kappa shape index (κ2) is 8.75. The van der Waals surface area contributed by atoms with Crippen LogP contribution in [0.3, 0.4) is 0 Å². The number of anilines is 2. The summed E-state index contributed by atoms with van der Waals surface area (Å²) in [6.07, 6.45) is 3.85. The van der Waals surface area contributed by atoms with E-state index in [1.165, 1.54) is 32.1 Å². The zero-order valence-corrected chi connectivity index (χ0v) is 14.9. The molecule has 0 amide bonds. The minimum atomic E-state index is -0.806. The van der Waals surface area contributed by atoms with Crippen molar-refractivity contribution >= 4 is 11.9 Å². The van der Waals surface area contributed by atoms with E-state index >= 15 is 0 Å². The summed E-state index contributed by atoms with van der Waals surface area (Å²) in [5.74, 6) is 0.591. The summed E-state index contributed by atoms with van der Waals surface area (Å²) in [7, 11) is 1.51. The lowest BCUT2D eigenvalue weighted by molar-refractivity contribution is 0.191. The molecule has 1 aliphatic heterocycles. The number of rotatable bonds is 6. The third kappa shape index (κ3) is 4.78. The van der Waals surface area contributed by atoms with Crippen LogP contribution in [0.25, 0.3) is 0 Å². The molecular weight excluding hydrogens is 337 g/mol. The normalized spacial score (nSPS) is 16.0. The molecule has 2 aromatic rings. The first-order chi connectivity index (χ1) is 12.7. The fourth-order valence-corrected chi connectivity index (χ4v) is 2.92. The largest absolute Gasteiger partial charge is 0.467 e. The van der Waals surface area contributed by atoms with Crippen LogP contribution in [-0.4, -0.2) is 46.8 Å². The minimum absolute atomic E-state index is 0.193. The molecule has 2 N–H and O–H groups in total. The van der Waals surface area contributed by atoms with Crippen molar-refractivity contribution in [2.45, 2.75) is 31.8 Å². The van der Waals surface area contributed by atoms with E-state index < -0.39 is 6.10 Å². The van der Waals surface area contributed by atoms with Gasteiger partial charge < -0.3 is 20.1 Å². The first kappa shape index (κ1) is 18.3. The highest BCUT2D eigenvalue weighted by molar-refractivity contribution is 5.39. The second-order valence-electron chi connectivity index (χ2n) is 6.30. The summed E-state index contributed by atoms with van der Waals surface area (Å²) in [5, 5.41) is 13.3. The standard InChI is InChI=1S/C18H24FN5O2/c1-26-18-22-16(20-12-15(25)13-6-8-14(19)9-7-13)21-17(23-18)24-10-4-2-3-5-11-24/h6-9,15,25H,2-5,10-12H2,1H3,(H,20,21,22,23). The molecule has 1 aromatic heterocycles. The van der Waals surface area contributed by atoms with Gasteiger partial charge in [-0.05, 0) is 30.5 Å². The first-order valence-electron chi connectivity index (χ1n) is 8.88. The van der Waals surface area contributed by atoms with Gasteiger partial charge in [0.1, 0.15) is 5.82 Å². The average molecular weight is 361 g/mol. The molecule has 0 spiro atoms. The Morgan fingerprint density at radius 3 is 2.46 bits per heavy atom. The van der Waals surface area contributed by atoms with Crippen molar-refractivity contribution in [2.75, 3.05) is 37.0 Å². The predicted molar refractivity (Wildman–Crippen MR) is 96.9 cm³/mol. The monoisotopic (exact) mass is 361 g/mol. The van der Waals surface area contributed by atoms with Crippen molar-refractivity contribution in [2.24, 2.45) is 0 Å². The molecular formula is C18H24FN5O2. The zero-order valence-electron chi connectivity index (χ0n) is 14.9. The van der Waals surface area contributed by atoms with Gasteiger partial charge in [-0.3, -0.25) is 0 Å². The minimum Gasteiger partial charge on any atom is -0.467 e. The third-order valence-corrected chi connectivity index (χ3v) is 4.38. The Hall–Kier alpha value is -2.48. The maximum absolute atomic E-state index is 13.0. The Labute approximate surface area is 152 Å². The van der Waals surface area contributed by atoms with Gasteiger partial charge in [0.2, 0.25) is 11.9 Å². The summed E-state index contributed by atoms with van der Waals surface area (Å²) in [6, 6.07) is 5.98. The Bertz CT molecular complexity index is 705. The number of methoxy groups -OCH3 is 1. The summed E-state index contributed by atoms with van der Waals surface area (Å²) in [4.78, 5) is 15.2. The summed E-state index contributed by atoms with van der Waals surface area (Å²) >= 11 is 0. The van der Waals surface area contributed by atoms with Gasteiger partial charge in [0, 0.05) is 19.6 Å². The highest BCUT2D eigenvalue weighted by Gasteiger charge is 2.16. The Morgan fingerprint density at radius 1 is 1.12 bits per heavy atom. The number of hydrogen-bond acceptors (Lipinski definition) is 7. The lowest BCUT2D eigenvalue weighted by atomic mass is 10.1. The van der Waals surface area contributed by atoms with Crippen LogP contribution in [0.1, 0.15) is 37.4 Å². The number of aliphatic hydroxyl groups is 1. The van der Waals surface area contributed by atoms with Crippen molar-refractivity contribution < 1.29 is 14.2 Å². The predicted octanol–water partition coefficient (Wildman–Crippen LogP) is 2.55. The number of nitrogens with one attached hydrogen (secondary N) is 1. The van der Waals surface area contributed by atoms with Gasteiger partial charge in [0.15, 0.2) is 0 Å². The molecule has 8 heteroatoms. The van der Waals surface area contributed by atoms with Crippen LogP contribution in [-0.2, 0) is 0 Å². The van der Waals surface area contributed by atoms with Crippen molar-refractivity contribution in [3.05, 3.63) is 35.6 Å². The molecule has 7 nitrogen and oxygen atoms in total. The van der Waals surface area contributed by atoms with Gasteiger partial charge in [0.25, 0.3) is 0 Å². The van der Waals surface area contributed by atoms with Crippen LogP contribution in [0, 0.1) is 5.82 Å². The third-order valence-electron chi connectivity index (χ3n) is 4.38. The number of nitrogens with zero attached hydrogens (tertiary/aromatic N) is 4. The molecule has 1 unspecified atom stereocenters. The van der Waals surface area contributed by atoms with Crippen LogP contribution < -0.4 is 15.0 Å². The van der Waals surface area contributed by atoms with E-state index in [1.807, 2.05) is 0 Å². The van der Waals surface area contributed by atoms with Gasteiger partial charge in [-0.1, -0.05) is 25.0 Å². The topological polar surface area (TPSA) is 83.4 Å². The van der Waals surface area contributed by atoms with Crippen LogP contribution >= 0.6 is 0 Å². The van der Waals surface area contributed by atoms with Crippen LogP contribution in [0.5, 0.6) is 6.01 Å². The van der Waals surface area contributed by atoms with Gasteiger partial charge in [0.05, 0.1) is 13.2 Å². The Morgan fingerprint density at radius 2 is 1.81 bits per heavy atom. The van der Waals surface area contributed by atoms with Gasteiger partial charge in [-0.2, -0.15) is 15.0 Å². The Balaban J connectivity index is 1.70. The molecule has 0 saturated carbocycles. The first-order valence-corrected chi connectivity index (χ1v) is 8.88. The molecule has 1 saturated heterocycles. The maximum atomic E-state index is 13.0. The molecule has 1 aliphatic rings. The highest BCUT2D eigenvalue weighted by Crippen LogP contribution is 2.20. The summed E-state index contributed by atoms with van der Waals surface area (Å²) < 4.78 is 18.2. The van der Waals surface area contributed by atoms with E-state index in [2.05, 4.69) is 25.2 Å². The van der Waals surface area contributed by atoms with E-state index in [4.69, 9.17) is 4.74 Å². The number of ether oxygens (including phenoxy) is 1. The van der Waals surface area contributed by atoms with Crippen molar-refractivity contribution in [1.82, 2.24) is 15.0 Å². The number of aliphatic hydroxyl groups excluding tert-OH is 1. The molecule has 1 aromatic carbocycles. The summed E-state index contributed by atoms with van der Waals surface area (Å²) in [6.45, 7) is 2.01. The van der Waals surface area contributed by atoms with E-state index in [0.29, 0.717) is 17.5 Å². The van der Waals surface area contributed by atoms with Crippen molar-refractivity contribution in [1.29, 1.82) is 0 Å². The molecule has 1 fully saturated rings. The molecule has 3 rings (SSSR count). The number of hydrogen-bond donors (Lipinski definition) is 2. The SMILES string of the molecule is COc1nc(NCC(O)c2ccc(F)cc2)nc(N2CCCCCC2)n1. The highest BCUT2D eigenvalue weighted by atomic mass is 19.1.